The van der Waals surface area contributed by atoms with E-state index in [0.29, 0.717) is 19.6 Å². The van der Waals surface area contributed by atoms with Crippen LogP contribution in [0.5, 0.6) is 0 Å². The molecule has 0 aromatic rings. The molecule has 2 rings (SSSR count). The molecule has 0 aromatic carbocycles. The molecule has 0 unspecified atom stereocenters. The summed E-state index contributed by atoms with van der Waals surface area (Å²) in [6.07, 6.45) is 1.63. The molecule has 2 saturated carbocycles. The molecule has 2 aliphatic rings. The van der Waals surface area contributed by atoms with Crippen molar-refractivity contribution in [1.82, 2.24) is 5.32 Å². The average molecular weight is 269 g/mol. The van der Waals surface area contributed by atoms with E-state index in [1.54, 1.807) is 0 Å². The van der Waals surface area contributed by atoms with Gasteiger partial charge in [-0.15, -0.1) is 0 Å². The van der Waals surface area contributed by atoms with E-state index in [2.05, 4.69) is 19.2 Å². The highest BCUT2D eigenvalue weighted by Crippen LogP contribution is 2.53. The second-order valence-corrected chi connectivity index (χ2v) is 7.36. The van der Waals surface area contributed by atoms with Crippen LogP contribution >= 0.6 is 0 Å². The Morgan fingerprint density at radius 3 is 2.32 bits per heavy atom. The predicted octanol–water partition coefficient (Wildman–Crippen LogP) is 1.71. The van der Waals surface area contributed by atoms with Crippen LogP contribution in [0, 0.1) is 16.7 Å². The molecule has 0 radical (unpaired) electrons. The average Bonchev–Trinajstić information content (AvgIpc) is 2.95. The topological polar surface area (TPSA) is 58.6 Å². The monoisotopic (exact) mass is 269 g/mol. The number of carbonyl (C=O) groups excluding carboxylic acids is 1. The summed E-state index contributed by atoms with van der Waals surface area (Å²) in [6, 6.07) is 0. The fourth-order valence-corrected chi connectivity index (χ4v) is 3.03. The van der Waals surface area contributed by atoms with E-state index < -0.39 is 5.60 Å². The van der Waals surface area contributed by atoms with Gasteiger partial charge in [-0.1, -0.05) is 27.7 Å². The number of rotatable bonds is 5. The number of nitrogens with one attached hydrogen (secondary N) is 1. The van der Waals surface area contributed by atoms with E-state index in [-0.39, 0.29) is 28.8 Å². The lowest BCUT2D eigenvalue weighted by Crippen LogP contribution is -2.68. The minimum Gasteiger partial charge on any atom is -0.387 e. The van der Waals surface area contributed by atoms with Crippen molar-refractivity contribution in [2.45, 2.75) is 59.2 Å². The molecule has 3 atom stereocenters. The van der Waals surface area contributed by atoms with Crippen LogP contribution in [0.3, 0.4) is 0 Å². The normalized spacial score (nSPS) is 38.4. The zero-order valence-corrected chi connectivity index (χ0v) is 12.7. The highest BCUT2D eigenvalue weighted by molar-refractivity contribution is 5.82. The minimum absolute atomic E-state index is 0.0779. The van der Waals surface area contributed by atoms with Crippen LogP contribution in [0.1, 0.15) is 47.5 Å². The van der Waals surface area contributed by atoms with Gasteiger partial charge in [0.2, 0.25) is 5.91 Å². The Hall–Kier alpha value is -0.610. The molecule has 0 bridgehead atoms. The van der Waals surface area contributed by atoms with E-state index in [4.69, 9.17) is 4.74 Å². The fourth-order valence-electron chi connectivity index (χ4n) is 3.03. The number of carbonyl (C=O) groups is 1. The first-order valence-corrected chi connectivity index (χ1v) is 7.26. The first kappa shape index (κ1) is 14.8. The molecule has 0 saturated heterocycles. The minimum atomic E-state index is -0.846. The zero-order chi connectivity index (χ0) is 14.5. The summed E-state index contributed by atoms with van der Waals surface area (Å²) in [6.45, 7) is 11.2. The van der Waals surface area contributed by atoms with Gasteiger partial charge >= 0.3 is 0 Å². The van der Waals surface area contributed by atoms with Crippen LogP contribution in [0.25, 0.3) is 0 Å². The van der Waals surface area contributed by atoms with Crippen LogP contribution in [0.2, 0.25) is 0 Å². The quantitative estimate of drug-likeness (QED) is 0.799. The van der Waals surface area contributed by atoms with Gasteiger partial charge in [-0.05, 0) is 18.8 Å². The summed E-state index contributed by atoms with van der Waals surface area (Å²) in [4.78, 5) is 12.0. The largest absolute Gasteiger partial charge is 0.387 e. The summed E-state index contributed by atoms with van der Waals surface area (Å²) in [7, 11) is 0. The van der Waals surface area contributed by atoms with Crippen LogP contribution in [0.15, 0.2) is 0 Å². The molecule has 0 spiro atoms. The summed E-state index contributed by atoms with van der Waals surface area (Å²) >= 11 is 0. The van der Waals surface area contributed by atoms with Crippen LogP contribution < -0.4 is 5.32 Å². The van der Waals surface area contributed by atoms with Gasteiger partial charge in [-0.2, -0.15) is 0 Å². The number of ether oxygens (including phenoxy) is 1. The summed E-state index contributed by atoms with van der Waals surface area (Å²) in [5.74, 6) is 0.191. The van der Waals surface area contributed by atoms with Crippen LogP contribution in [-0.4, -0.2) is 35.9 Å². The Morgan fingerprint density at radius 2 is 1.89 bits per heavy atom. The summed E-state index contributed by atoms with van der Waals surface area (Å²) < 4.78 is 5.62. The molecule has 4 nitrogen and oxygen atoms in total. The third-order valence-corrected chi connectivity index (χ3v) is 5.28. The van der Waals surface area contributed by atoms with Crippen molar-refractivity contribution in [3.05, 3.63) is 0 Å². The molecule has 0 aliphatic heterocycles. The first-order chi connectivity index (χ1) is 8.64. The summed E-state index contributed by atoms with van der Waals surface area (Å²) in [5, 5.41) is 13.5. The molecule has 2 aliphatic carbocycles. The van der Waals surface area contributed by atoms with Gasteiger partial charge in [0, 0.05) is 30.9 Å². The van der Waals surface area contributed by atoms with E-state index in [1.807, 2.05) is 20.8 Å². The molecule has 4 heteroatoms. The van der Waals surface area contributed by atoms with Crippen molar-refractivity contribution in [3.8, 4) is 0 Å². The lowest BCUT2D eigenvalue weighted by molar-refractivity contribution is -0.238. The zero-order valence-electron chi connectivity index (χ0n) is 12.7. The van der Waals surface area contributed by atoms with Gasteiger partial charge in [0.25, 0.3) is 0 Å². The first-order valence-electron chi connectivity index (χ1n) is 7.26. The van der Waals surface area contributed by atoms with Crippen LogP contribution in [0.4, 0.5) is 0 Å². The SMILES string of the molecule is CCO[C@@H]1C[C@@](O)(CNC(=O)[C@H]2CC2(C)C)C1(C)C. The van der Waals surface area contributed by atoms with Gasteiger partial charge in [0.1, 0.15) is 0 Å². The smallest absolute Gasteiger partial charge is 0.223 e. The molecule has 19 heavy (non-hydrogen) atoms. The van der Waals surface area contributed by atoms with Crippen molar-refractivity contribution < 1.29 is 14.6 Å². The van der Waals surface area contributed by atoms with E-state index in [0.717, 1.165) is 6.42 Å². The van der Waals surface area contributed by atoms with Gasteiger partial charge in [-0.25, -0.2) is 0 Å². The predicted molar refractivity (Wildman–Crippen MR) is 73.7 cm³/mol. The standard InChI is InChI=1S/C15H27NO3/c1-6-19-11-8-15(18,14(11,4)5)9-16-12(17)10-7-13(10,2)3/h10-11,18H,6-9H2,1-5H3,(H,16,17)/t10-,11-,15-/m1/s1. The second-order valence-electron chi connectivity index (χ2n) is 7.36. The van der Waals surface area contributed by atoms with Crippen molar-refractivity contribution >= 4 is 5.91 Å². The number of hydrogen-bond donors (Lipinski definition) is 2. The van der Waals surface area contributed by atoms with Gasteiger partial charge in [0.05, 0.1) is 11.7 Å². The van der Waals surface area contributed by atoms with E-state index in [1.165, 1.54) is 0 Å². The maximum atomic E-state index is 12.0. The second kappa shape index (κ2) is 4.45. The molecule has 2 N–H and O–H groups in total. The molecule has 1 amide bonds. The molecule has 0 heterocycles. The lowest BCUT2D eigenvalue weighted by atomic mass is 9.56. The van der Waals surface area contributed by atoms with Gasteiger partial charge < -0.3 is 15.2 Å². The number of hydrogen-bond acceptors (Lipinski definition) is 3. The van der Waals surface area contributed by atoms with Crippen LogP contribution in [-0.2, 0) is 9.53 Å². The molecular weight excluding hydrogens is 242 g/mol. The molecular formula is C15H27NO3. The lowest BCUT2D eigenvalue weighted by Gasteiger charge is -2.58. The Balaban J connectivity index is 1.85. The molecule has 110 valence electrons. The van der Waals surface area contributed by atoms with E-state index >= 15 is 0 Å². The third-order valence-electron chi connectivity index (χ3n) is 5.28. The van der Waals surface area contributed by atoms with Gasteiger partial charge in [0.15, 0.2) is 0 Å². The fraction of sp³-hybridized carbons (Fsp3) is 0.933. The Morgan fingerprint density at radius 1 is 1.32 bits per heavy atom. The number of aliphatic hydroxyl groups is 1. The Kier molecular flexibility index (Phi) is 3.47. The summed E-state index contributed by atoms with van der Waals surface area (Å²) in [5.41, 5.74) is -1.02. The maximum absolute atomic E-state index is 12.0. The highest BCUT2D eigenvalue weighted by atomic mass is 16.5. The molecule has 2 fully saturated rings. The van der Waals surface area contributed by atoms with E-state index in [9.17, 15) is 9.90 Å². The molecule has 0 aromatic heterocycles. The van der Waals surface area contributed by atoms with Crippen molar-refractivity contribution in [1.29, 1.82) is 0 Å². The van der Waals surface area contributed by atoms with Gasteiger partial charge in [-0.3, -0.25) is 4.79 Å². The Labute approximate surface area is 115 Å². The third kappa shape index (κ3) is 2.40. The highest BCUT2D eigenvalue weighted by Gasteiger charge is 2.60. The Bertz CT molecular complexity index is 378. The maximum Gasteiger partial charge on any atom is 0.223 e. The van der Waals surface area contributed by atoms with Crippen molar-refractivity contribution in [3.63, 3.8) is 0 Å². The van der Waals surface area contributed by atoms with Crippen molar-refractivity contribution in [2.24, 2.45) is 16.7 Å². The van der Waals surface area contributed by atoms with Crippen molar-refractivity contribution in [2.75, 3.05) is 13.2 Å². The number of amides is 1.